The van der Waals surface area contributed by atoms with Gasteiger partial charge in [-0.05, 0) is 19.3 Å². The molecule has 1 aliphatic rings. The average molecular weight is 162 g/mol. The van der Waals surface area contributed by atoms with Crippen molar-refractivity contribution in [3.63, 3.8) is 0 Å². The Bertz CT molecular complexity index is 64.6. The third-order valence-corrected chi connectivity index (χ3v) is 4.63. The summed E-state index contributed by atoms with van der Waals surface area (Å²) in [5, 5.41) is 0.980. The molecule has 0 amide bonds. The smallest absolute Gasteiger partial charge is 0.0151 e. The Morgan fingerprint density at radius 3 is 3.00 bits per heavy atom. The second-order valence-corrected chi connectivity index (χ2v) is 5.26. The molecule has 0 nitrogen and oxygen atoms in total. The fraction of sp³-hybridized carbons (Fsp3) is 1.00. The molecule has 1 saturated heterocycles. The van der Waals surface area contributed by atoms with E-state index in [0.29, 0.717) is 0 Å². The van der Waals surface area contributed by atoms with Crippen LogP contribution >= 0.6 is 21.6 Å². The predicted molar refractivity (Wildman–Crippen MR) is 48.0 cm³/mol. The van der Waals surface area contributed by atoms with Crippen molar-refractivity contribution in [2.45, 2.75) is 37.9 Å². The van der Waals surface area contributed by atoms with Gasteiger partial charge in [-0.3, -0.25) is 0 Å². The van der Waals surface area contributed by atoms with E-state index < -0.39 is 0 Å². The molecular formula is C7H14S2. The standard InChI is InChI=1S/C7H14S2/c1-2-4-7-5-3-6-8-9-7/h7H,2-6H2,1H3. The van der Waals surface area contributed by atoms with Gasteiger partial charge in [0.25, 0.3) is 0 Å². The Balaban J connectivity index is 2.08. The monoisotopic (exact) mass is 162 g/mol. The van der Waals surface area contributed by atoms with Crippen LogP contribution in [0.5, 0.6) is 0 Å². The molecule has 0 aromatic rings. The van der Waals surface area contributed by atoms with E-state index >= 15 is 0 Å². The third-order valence-electron chi connectivity index (χ3n) is 1.57. The van der Waals surface area contributed by atoms with Crippen LogP contribution < -0.4 is 0 Å². The number of hydrogen-bond acceptors (Lipinski definition) is 2. The molecule has 9 heavy (non-hydrogen) atoms. The first-order chi connectivity index (χ1) is 4.43. The molecule has 1 aliphatic heterocycles. The molecule has 1 rings (SSSR count). The number of rotatable bonds is 2. The fourth-order valence-corrected chi connectivity index (χ4v) is 4.04. The summed E-state index contributed by atoms with van der Waals surface area (Å²) in [6.07, 6.45) is 5.70. The second kappa shape index (κ2) is 4.51. The fourth-order valence-electron chi connectivity index (χ4n) is 1.08. The van der Waals surface area contributed by atoms with Crippen LogP contribution in [0.1, 0.15) is 32.6 Å². The second-order valence-electron chi connectivity index (χ2n) is 2.47. The maximum Gasteiger partial charge on any atom is 0.0151 e. The highest BCUT2D eigenvalue weighted by Crippen LogP contribution is 2.37. The summed E-state index contributed by atoms with van der Waals surface area (Å²) in [6.45, 7) is 2.28. The molecule has 0 N–H and O–H groups in total. The zero-order valence-electron chi connectivity index (χ0n) is 5.93. The van der Waals surface area contributed by atoms with Crippen LogP contribution in [0, 0.1) is 0 Å². The number of hydrogen-bond donors (Lipinski definition) is 0. The van der Waals surface area contributed by atoms with Gasteiger partial charge in [0.05, 0.1) is 0 Å². The van der Waals surface area contributed by atoms with Crippen LogP contribution in [-0.2, 0) is 0 Å². The van der Waals surface area contributed by atoms with Crippen LogP contribution in [0.3, 0.4) is 0 Å². The highest BCUT2D eigenvalue weighted by atomic mass is 33.1. The average Bonchev–Trinajstić information content (AvgIpc) is 1.91. The van der Waals surface area contributed by atoms with Crippen LogP contribution in [0.4, 0.5) is 0 Å². The van der Waals surface area contributed by atoms with Gasteiger partial charge in [0.15, 0.2) is 0 Å². The molecule has 0 saturated carbocycles. The van der Waals surface area contributed by atoms with Crippen molar-refractivity contribution in [2.24, 2.45) is 0 Å². The van der Waals surface area contributed by atoms with Crippen LogP contribution in [0.25, 0.3) is 0 Å². The lowest BCUT2D eigenvalue weighted by Gasteiger charge is -2.18. The zero-order chi connectivity index (χ0) is 6.53. The van der Waals surface area contributed by atoms with Crippen LogP contribution in [-0.4, -0.2) is 11.0 Å². The van der Waals surface area contributed by atoms with E-state index in [-0.39, 0.29) is 0 Å². The lowest BCUT2D eigenvalue weighted by atomic mass is 10.2. The highest BCUT2D eigenvalue weighted by Gasteiger charge is 2.12. The van der Waals surface area contributed by atoms with Crippen molar-refractivity contribution >= 4 is 21.6 Å². The summed E-state index contributed by atoms with van der Waals surface area (Å²) in [4.78, 5) is 0. The van der Waals surface area contributed by atoms with Crippen LogP contribution in [0.15, 0.2) is 0 Å². The zero-order valence-corrected chi connectivity index (χ0v) is 7.56. The predicted octanol–water partition coefficient (Wildman–Crippen LogP) is 3.33. The molecule has 1 unspecified atom stereocenters. The van der Waals surface area contributed by atoms with E-state index in [1.165, 1.54) is 31.4 Å². The Hall–Kier alpha value is 0.700. The summed E-state index contributed by atoms with van der Waals surface area (Å²) in [5.41, 5.74) is 0. The van der Waals surface area contributed by atoms with Gasteiger partial charge in [0.1, 0.15) is 0 Å². The van der Waals surface area contributed by atoms with Gasteiger partial charge in [-0.15, -0.1) is 0 Å². The third kappa shape index (κ3) is 2.85. The molecule has 0 aliphatic carbocycles. The van der Waals surface area contributed by atoms with E-state index in [9.17, 15) is 0 Å². The van der Waals surface area contributed by atoms with Crippen molar-refractivity contribution in [1.82, 2.24) is 0 Å². The van der Waals surface area contributed by atoms with Gasteiger partial charge in [0, 0.05) is 11.0 Å². The van der Waals surface area contributed by atoms with Gasteiger partial charge in [-0.1, -0.05) is 34.9 Å². The van der Waals surface area contributed by atoms with Gasteiger partial charge in [-0.25, -0.2) is 0 Å². The molecule has 0 aromatic carbocycles. The molecular weight excluding hydrogens is 148 g/mol. The Labute approximate surface area is 65.6 Å². The molecule has 1 fully saturated rings. The van der Waals surface area contributed by atoms with E-state index in [1.807, 2.05) is 0 Å². The van der Waals surface area contributed by atoms with E-state index in [2.05, 4.69) is 28.5 Å². The summed E-state index contributed by atoms with van der Waals surface area (Å²) in [6, 6.07) is 0. The Kier molecular flexibility index (Phi) is 3.91. The Morgan fingerprint density at radius 1 is 1.56 bits per heavy atom. The SMILES string of the molecule is CCCC1CCCSS1. The van der Waals surface area contributed by atoms with E-state index in [1.54, 1.807) is 0 Å². The quantitative estimate of drug-likeness (QED) is 0.571. The normalized spacial score (nSPS) is 28.3. The minimum atomic E-state index is 0.980. The first kappa shape index (κ1) is 7.80. The molecule has 2 heteroatoms. The summed E-state index contributed by atoms with van der Waals surface area (Å²) in [7, 11) is 4.16. The molecule has 1 heterocycles. The summed E-state index contributed by atoms with van der Waals surface area (Å²) < 4.78 is 0. The van der Waals surface area contributed by atoms with Crippen molar-refractivity contribution in [1.29, 1.82) is 0 Å². The van der Waals surface area contributed by atoms with E-state index in [4.69, 9.17) is 0 Å². The molecule has 54 valence electrons. The minimum Gasteiger partial charge on any atom is -0.0939 e. The largest absolute Gasteiger partial charge is 0.0939 e. The molecule has 0 bridgehead atoms. The maximum atomic E-state index is 2.28. The minimum absolute atomic E-state index is 0.980. The molecule has 0 spiro atoms. The van der Waals surface area contributed by atoms with Crippen LogP contribution in [0.2, 0.25) is 0 Å². The maximum absolute atomic E-state index is 2.28. The molecule has 0 aromatic heterocycles. The summed E-state index contributed by atoms with van der Waals surface area (Å²) >= 11 is 0. The molecule has 0 radical (unpaired) electrons. The van der Waals surface area contributed by atoms with Crippen molar-refractivity contribution in [3.8, 4) is 0 Å². The lowest BCUT2D eigenvalue weighted by molar-refractivity contribution is 0.675. The van der Waals surface area contributed by atoms with Crippen molar-refractivity contribution in [3.05, 3.63) is 0 Å². The topological polar surface area (TPSA) is 0 Å². The lowest BCUT2D eigenvalue weighted by Crippen LogP contribution is -2.05. The first-order valence-electron chi connectivity index (χ1n) is 3.71. The van der Waals surface area contributed by atoms with Gasteiger partial charge >= 0.3 is 0 Å². The summed E-state index contributed by atoms with van der Waals surface area (Å²) in [5.74, 6) is 1.38. The Morgan fingerprint density at radius 2 is 2.44 bits per heavy atom. The van der Waals surface area contributed by atoms with Gasteiger partial charge in [-0.2, -0.15) is 0 Å². The van der Waals surface area contributed by atoms with Gasteiger partial charge in [0.2, 0.25) is 0 Å². The van der Waals surface area contributed by atoms with E-state index in [0.717, 1.165) is 5.25 Å². The highest BCUT2D eigenvalue weighted by molar-refractivity contribution is 8.77. The van der Waals surface area contributed by atoms with Gasteiger partial charge < -0.3 is 0 Å². The van der Waals surface area contributed by atoms with Crippen molar-refractivity contribution in [2.75, 3.05) is 5.75 Å². The first-order valence-corrected chi connectivity index (χ1v) is 6.10. The van der Waals surface area contributed by atoms with Crippen molar-refractivity contribution < 1.29 is 0 Å². The molecule has 1 atom stereocenters.